The molecule has 2 aliphatic heterocycles. The Morgan fingerprint density at radius 3 is 2.39 bits per heavy atom. The molecule has 0 aliphatic carbocycles. The summed E-state index contributed by atoms with van der Waals surface area (Å²) in [6, 6.07) is 13.3. The zero-order chi connectivity index (χ0) is 23.0. The van der Waals surface area contributed by atoms with E-state index >= 15 is 0 Å². The predicted octanol–water partition coefficient (Wildman–Crippen LogP) is 4.12. The fourth-order valence-corrected chi connectivity index (χ4v) is 5.09. The van der Waals surface area contributed by atoms with Crippen LogP contribution >= 0.6 is 11.8 Å². The van der Waals surface area contributed by atoms with Gasteiger partial charge in [-0.1, -0.05) is 0 Å². The lowest BCUT2D eigenvalue weighted by atomic mass is 10.0. The SMILES string of the molecule is CSc1ccc(NC2CCN(C(=O)CCCN3CCN(c4ccc(C)nc4)CC3)CC2)cc1. The zero-order valence-corrected chi connectivity index (χ0v) is 20.8. The number of piperidine rings is 1. The van der Waals surface area contributed by atoms with Gasteiger partial charge in [-0.3, -0.25) is 14.7 Å². The van der Waals surface area contributed by atoms with E-state index in [0.29, 0.717) is 18.4 Å². The van der Waals surface area contributed by atoms with Gasteiger partial charge in [-0.25, -0.2) is 0 Å². The van der Waals surface area contributed by atoms with Gasteiger partial charge in [-0.05, 0) is 75.4 Å². The molecule has 0 unspecified atom stereocenters. The number of carbonyl (C=O) groups excluding carboxylic acids is 1. The van der Waals surface area contributed by atoms with Crippen molar-refractivity contribution < 1.29 is 4.79 Å². The highest BCUT2D eigenvalue weighted by Crippen LogP contribution is 2.21. The molecular weight excluding hydrogens is 430 g/mol. The number of benzene rings is 1. The normalized spacial score (nSPS) is 17.9. The zero-order valence-electron chi connectivity index (χ0n) is 20.0. The molecule has 178 valence electrons. The molecule has 6 nitrogen and oxygen atoms in total. The number of hydrogen-bond acceptors (Lipinski definition) is 6. The summed E-state index contributed by atoms with van der Waals surface area (Å²) in [5, 5.41) is 3.63. The Labute approximate surface area is 202 Å². The summed E-state index contributed by atoms with van der Waals surface area (Å²) in [7, 11) is 0. The Morgan fingerprint density at radius 2 is 1.76 bits per heavy atom. The summed E-state index contributed by atoms with van der Waals surface area (Å²) in [6.45, 7) is 8.92. The van der Waals surface area contributed by atoms with Gasteiger partial charge >= 0.3 is 0 Å². The first kappa shape index (κ1) is 23.9. The van der Waals surface area contributed by atoms with E-state index < -0.39 is 0 Å². The predicted molar refractivity (Wildman–Crippen MR) is 138 cm³/mol. The van der Waals surface area contributed by atoms with E-state index in [4.69, 9.17) is 0 Å². The largest absolute Gasteiger partial charge is 0.382 e. The highest BCUT2D eigenvalue weighted by atomic mass is 32.2. The van der Waals surface area contributed by atoms with E-state index in [1.165, 1.54) is 16.3 Å². The fraction of sp³-hybridized carbons (Fsp3) is 0.538. The van der Waals surface area contributed by atoms with E-state index in [-0.39, 0.29) is 0 Å². The second kappa shape index (κ2) is 11.7. The maximum absolute atomic E-state index is 12.7. The molecule has 2 saturated heterocycles. The quantitative estimate of drug-likeness (QED) is 0.590. The monoisotopic (exact) mass is 467 g/mol. The third-order valence-corrected chi connectivity index (χ3v) is 7.55. The number of pyridine rings is 1. The van der Waals surface area contributed by atoms with Crippen molar-refractivity contribution in [2.24, 2.45) is 0 Å². The molecule has 0 saturated carbocycles. The van der Waals surface area contributed by atoms with Gasteiger partial charge in [0.15, 0.2) is 0 Å². The number of hydrogen-bond donors (Lipinski definition) is 1. The Kier molecular flexibility index (Phi) is 8.51. The van der Waals surface area contributed by atoms with Crippen molar-refractivity contribution in [3.05, 3.63) is 48.3 Å². The van der Waals surface area contributed by atoms with E-state index in [2.05, 4.69) is 67.7 Å². The van der Waals surface area contributed by atoms with Crippen LogP contribution in [-0.2, 0) is 4.79 Å². The van der Waals surface area contributed by atoms with Crippen LogP contribution in [0.15, 0.2) is 47.5 Å². The lowest BCUT2D eigenvalue weighted by Gasteiger charge is -2.36. The van der Waals surface area contributed by atoms with Gasteiger partial charge in [-0.2, -0.15) is 0 Å². The Balaban J connectivity index is 1.11. The number of carbonyl (C=O) groups is 1. The standard InChI is InChI=1S/C26H37N5OS/c1-21-5-8-24(20-27-21)30-18-16-29(17-19-30)13-3-4-26(32)31-14-11-23(12-15-31)28-22-6-9-25(33-2)10-7-22/h5-10,20,23,28H,3-4,11-19H2,1-2H3. The molecule has 2 aliphatic rings. The van der Waals surface area contributed by atoms with Crippen LogP contribution in [0.25, 0.3) is 0 Å². The fourth-order valence-electron chi connectivity index (χ4n) is 4.68. The maximum atomic E-state index is 12.7. The van der Waals surface area contributed by atoms with Crippen LogP contribution in [0.1, 0.15) is 31.4 Å². The van der Waals surface area contributed by atoms with E-state index in [1.807, 2.05) is 13.1 Å². The molecule has 4 rings (SSSR count). The minimum atomic E-state index is 0.321. The van der Waals surface area contributed by atoms with Gasteiger partial charge in [0.2, 0.25) is 5.91 Å². The van der Waals surface area contributed by atoms with E-state index in [9.17, 15) is 4.79 Å². The van der Waals surface area contributed by atoms with Crippen LogP contribution in [0.3, 0.4) is 0 Å². The smallest absolute Gasteiger partial charge is 0.222 e. The van der Waals surface area contributed by atoms with Gasteiger partial charge in [0, 0.05) is 68.0 Å². The molecule has 1 aromatic carbocycles. The lowest BCUT2D eigenvalue weighted by Crippen LogP contribution is -2.47. The van der Waals surface area contributed by atoms with Crippen molar-refractivity contribution in [1.29, 1.82) is 0 Å². The van der Waals surface area contributed by atoms with Crippen molar-refractivity contribution in [2.45, 2.75) is 43.5 Å². The second-order valence-electron chi connectivity index (χ2n) is 9.12. The Morgan fingerprint density at radius 1 is 1.03 bits per heavy atom. The summed E-state index contributed by atoms with van der Waals surface area (Å²) in [6.07, 6.45) is 7.72. The highest BCUT2D eigenvalue weighted by molar-refractivity contribution is 7.98. The first-order valence-corrected chi connectivity index (χ1v) is 13.4. The van der Waals surface area contributed by atoms with Crippen LogP contribution in [0.5, 0.6) is 0 Å². The van der Waals surface area contributed by atoms with Crippen LogP contribution in [0.2, 0.25) is 0 Å². The molecule has 1 amide bonds. The molecule has 33 heavy (non-hydrogen) atoms. The summed E-state index contributed by atoms with van der Waals surface area (Å²) < 4.78 is 0. The van der Waals surface area contributed by atoms with Crippen LogP contribution in [0, 0.1) is 6.92 Å². The summed E-state index contributed by atoms with van der Waals surface area (Å²) >= 11 is 1.76. The number of piperazine rings is 1. The molecule has 0 radical (unpaired) electrons. The van der Waals surface area contributed by atoms with Crippen molar-refractivity contribution in [1.82, 2.24) is 14.8 Å². The van der Waals surface area contributed by atoms with Crippen molar-refractivity contribution in [3.63, 3.8) is 0 Å². The van der Waals surface area contributed by atoms with E-state index in [0.717, 1.165) is 70.8 Å². The van der Waals surface area contributed by atoms with Crippen LogP contribution < -0.4 is 10.2 Å². The van der Waals surface area contributed by atoms with Crippen molar-refractivity contribution in [3.8, 4) is 0 Å². The molecule has 7 heteroatoms. The van der Waals surface area contributed by atoms with Crippen molar-refractivity contribution in [2.75, 3.05) is 62.3 Å². The number of thioether (sulfide) groups is 1. The number of likely N-dealkylation sites (tertiary alicyclic amines) is 1. The average Bonchev–Trinajstić information content (AvgIpc) is 2.86. The molecule has 0 bridgehead atoms. The topological polar surface area (TPSA) is 51.7 Å². The first-order chi connectivity index (χ1) is 16.1. The van der Waals surface area contributed by atoms with Crippen LogP contribution in [-0.4, -0.2) is 78.8 Å². The number of amides is 1. The first-order valence-electron chi connectivity index (χ1n) is 12.2. The lowest BCUT2D eigenvalue weighted by molar-refractivity contribution is -0.132. The minimum Gasteiger partial charge on any atom is -0.382 e. The Bertz CT molecular complexity index is 873. The number of aromatic nitrogens is 1. The number of nitrogens with one attached hydrogen (secondary N) is 1. The number of anilines is 2. The molecule has 0 spiro atoms. The highest BCUT2D eigenvalue weighted by Gasteiger charge is 2.23. The molecule has 2 fully saturated rings. The van der Waals surface area contributed by atoms with Gasteiger partial charge < -0.3 is 15.1 Å². The third kappa shape index (κ3) is 6.87. The van der Waals surface area contributed by atoms with Gasteiger partial charge in [0.25, 0.3) is 0 Å². The summed E-state index contributed by atoms with van der Waals surface area (Å²) in [5.41, 5.74) is 3.45. The maximum Gasteiger partial charge on any atom is 0.222 e. The minimum absolute atomic E-state index is 0.321. The van der Waals surface area contributed by atoms with Gasteiger partial charge in [0.05, 0.1) is 11.9 Å². The molecule has 2 aromatic rings. The molecule has 0 atom stereocenters. The van der Waals surface area contributed by atoms with E-state index in [1.54, 1.807) is 11.8 Å². The summed E-state index contributed by atoms with van der Waals surface area (Å²) in [5.74, 6) is 0.321. The summed E-state index contributed by atoms with van der Waals surface area (Å²) in [4.78, 5) is 25.4. The molecule has 1 aromatic heterocycles. The Hall–Kier alpha value is -2.25. The number of aryl methyl sites for hydroxylation is 1. The third-order valence-electron chi connectivity index (χ3n) is 6.81. The van der Waals surface area contributed by atoms with Crippen molar-refractivity contribution >= 4 is 29.0 Å². The molecular formula is C26H37N5OS. The molecule has 3 heterocycles. The van der Waals surface area contributed by atoms with Gasteiger partial charge in [-0.15, -0.1) is 11.8 Å². The number of nitrogens with zero attached hydrogens (tertiary/aromatic N) is 4. The average molecular weight is 468 g/mol. The van der Waals surface area contributed by atoms with Gasteiger partial charge in [0.1, 0.15) is 0 Å². The number of rotatable bonds is 8. The second-order valence-corrected chi connectivity index (χ2v) is 10.00. The molecule has 1 N–H and O–H groups in total. The van der Waals surface area contributed by atoms with Crippen LogP contribution in [0.4, 0.5) is 11.4 Å².